The van der Waals surface area contributed by atoms with Crippen LogP contribution in [0.25, 0.3) is 0 Å². The van der Waals surface area contributed by atoms with E-state index in [-0.39, 0.29) is 18.3 Å². The van der Waals surface area contributed by atoms with Crippen molar-refractivity contribution in [1.82, 2.24) is 4.90 Å². The van der Waals surface area contributed by atoms with Gasteiger partial charge in [0.05, 0.1) is 5.56 Å². The number of nitrogen functional groups attached to an aromatic ring is 1. The monoisotopic (exact) mass is 266 g/mol. The number of nitrogens with zero attached hydrogens (tertiary/aromatic N) is 1. The number of hydrogen-bond donors (Lipinski definition) is 1. The molecule has 1 aliphatic heterocycles. The third-order valence-electron chi connectivity index (χ3n) is 4.20. The van der Waals surface area contributed by atoms with Gasteiger partial charge in [0.15, 0.2) is 0 Å². The molecule has 2 unspecified atom stereocenters. The average molecular weight is 267 g/mol. The molecule has 1 heterocycles. The third kappa shape index (κ3) is 2.19. The molecule has 1 aromatic carbocycles. The maximum Gasteiger partial charge on any atom is 0.255 e. The molecule has 3 rings (SSSR count). The number of nitrogens with two attached hydrogens (primary N) is 1. The molecule has 1 saturated heterocycles. The molecular weight excluding hydrogens is 248 g/mol. The molecule has 1 aliphatic carbocycles. The summed E-state index contributed by atoms with van der Waals surface area (Å²) in [5.41, 5.74) is 7.11. The van der Waals surface area contributed by atoms with Gasteiger partial charge in [-0.2, -0.15) is 0 Å². The third-order valence-corrected chi connectivity index (χ3v) is 4.20. The minimum absolute atomic E-state index is 0. The van der Waals surface area contributed by atoms with Gasteiger partial charge >= 0.3 is 0 Å². The normalized spacial score (nSPS) is 25.7. The Kier molecular flexibility index (Phi) is 3.81. The highest BCUT2D eigenvalue weighted by atomic mass is 35.5. The standard InChI is InChI=1S/C14H18N2O.ClH/c15-13-7-2-1-6-12(13)14(17)16-8-10-4-3-5-11(10)9-16;/h1-2,6-7,10-11H,3-5,8-9,15H2;1H. The number of likely N-dealkylation sites (tertiary alicyclic amines) is 1. The summed E-state index contributed by atoms with van der Waals surface area (Å²) in [5.74, 6) is 1.59. The summed E-state index contributed by atoms with van der Waals surface area (Å²) in [7, 11) is 0. The summed E-state index contributed by atoms with van der Waals surface area (Å²) >= 11 is 0. The average Bonchev–Trinajstić information content (AvgIpc) is 2.88. The van der Waals surface area contributed by atoms with E-state index in [0.29, 0.717) is 11.3 Å². The fraction of sp³-hybridized carbons (Fsp3) is 0.500. The van der Waals surface area contributed by atoms with Gasteiger partial charge in [-0.05, 0) is 36.8 Å². The van der Waals surface area contributed by atoms with Gasteiger partial charge in [-0.1, -0.05) is 18.6 Å². The Morgan fingerprint density at radius 2 is 1.78 bits per heavy atom. The molecule has 2 N–H and O–H groups in total. The van der Waals surface area contributed by atoms with E-state index in [9.17, 15) is 4.79 Å². The fourth-order valence-electron chi connectivity index (χ4n) is 3.26. The highest BCUT2D eigenvalue weighted by molar-refractivity contribution is 5.99. The van der Waals surface area contributed by atoms with Crippen LogP contribution in [0.5, 0.6) is 0 Å². The van der Waals surface area contributed by atoms with Crippen molar-refractivity contribution in [2.45, 2.75) is 19.3 Å². The highest BCUT2D eigenvalue weighted by Crippen LogP contribution is 2.38. The van der Waals surface area contributed by atoms with Crippen LogP contribution in [0.15, 0.2) is 24.3 Å². The molecule has 4 heteroatoms. The molecule has 0 spiro atoms. The minimum Gasteiger partial charge on any atom is -0.398 e. The van der Waals surface area contributed by atoms with Crippen LogP contribution in [-0.2, 0) is 0 Å². The largest absolute Gasteiger partial charge is 0.398 e. The summed E-state index contributed by atoms with van der Waals surface area (Å²) in [6.45, 7) is 1.86. The fourth-order valence-corrected chi connectivity index (χ4v) is 3.26. The van der Waals surface area contributed by atoms with Crippen LogP contribution in [0.1, 0.15) is 29.6 Å². The quantitative estimate of drug-likeness (QED) is 0.794. The van der Waals surface area contributed by atoms with Crippen molar-refractivity contribution in [2.24, 2.45) is 11.8 Å². The molecule has 3 nitrogen and oxygen atoms in total. The van der Waals surface area contributed by atoms with Crippen molar-refractivity contribution in [3.05, 3.63) is 29.8 Å². The summed E-state index contributed by atoms with van der Waals surface area (Å²) in [6.07, 6.45) is 3.92. The second-order valence-electron chi connectivity index (χ2n) is 5.25. The number of carbonyl (C=O) groups is 1. The summed E-state index contributed by atoms with van der Waals surface area (Å²) < 4.78 is 0. The molecule has 2 atom stereocenters. The zero-order valence-corrected chi connectivity index (χ0v) is 11.2. The number of benzene rings is 1. The molecule has 2 aliphatic rings. The van der Waals surface area contributed by atoms with Crippen molar-refractivity contribution in [3.63, 3.8) is 0 Å². The summed E-state index contributed by atoms with van der Waals surface area (Å²) in [4.78, 5) is 14.3. The predicted octanol–water partition coefficient (Wildman–Crippen LogP) is 2.56. The molecule has 1 amide bonds. The topological polar surface area (TPSA) is 46.3 Å². The molecule has 2 fully saturated rings. The van der Waals surface area contributed by atoms with Crippen LogP contribution in [0.4, 0.5) is 5.69 Å². The van der Waals surface area contributed by atoms with Gasteiger partial charge in [-0.15, -0.1) is 12.4 Å². The first-order valence-electron chi connectivity index (χ1n) is 6.39. The van der Waals surface area contributed by atoms with Gasteiger partial charge in [-0.25, -0.2) is 0 Å². The van der Waals surface area contributed by atoms with Gasteiger partial charge in [0.25, 0.3) is 5.91 Å². The first kappa shape index (κ1) is 13.2. The Morgan fingerprint density at radius 1 is 1.17 bits per heavy atom. The lowest BCUT2D eigenvalue weighted by Gasteiger charge is -2.18. The number of amides is 1. The van der Waals surface area contributed by atoms with Crippen molar-refractivity contribution < 1.29 is 4.79 Å². The predicted molar refractivity (Wildman–Crippen MR) is 74.8 cm³/mol. The van der Waals surface area contributed by atoms with Gasteiger partial charge < -0.3 is 10.6 Å². The van der Waals surface area contributed by atoms with E-state index in [1.807, 2.05) is 23.1 Å². The van der Waals surface area contributed by atoms with Crippen LogP contribution >= 0.6 is 12.4 Å². The molecule has 0 bridgehead atoms. The van der Waals surface area contributed by atoms with Crippen molar-refractivity contribution in [2.75, 3.05) is 18.8 Å². The zero-order valence-electron chi connectivity index (χ0n) is 10.3. The zero-order chi connectivity index (χ0) is 11.8. The Hall–Kier alpha value is -1.22. The second kappa shape index (κ2) is 5.19. The first-order valence-corrected chi connectivity index (χ1v) is 6.39. The molecule has 0 aromatic heterocycles. The number of carbonyl (C=O) groups excluding carboxylic acids is 1. The first-order chi connectivity index (χ1) is 8.25. The summed E-state index contributed by atoms with van der Waals surface area (Å²) in [6, 6.07) is 7.36. The van der Waals surface area contributed by atoms with E-state index in [1.54, 1.807) is 6.07 Å². The minimum atomic E-state index is 0. The lowest BCUT2D eigenvalue weighted by molar-refractivity contribution is 0.0781. The van der Waals surface area contributed by atoms with E-state index in [1.165, 1.54) is 19.3 Å². The molecule has 1 aromatic rings. The highest BCUT2D eigenvalue weighted by Gasteiger charge is 2.38. The molecular formula is C14H19ClN2O. The number of halogens is 1. The number of fused-ring (bicyclic) bond motifs is 1. The van der Waals surface area contributed by atoms with Gasteiger partial charge in [-0.3, -0.25) is 4.79 Å². The molecule has 0 radical (unpaired) electrons. The van der Waals surface area contributed by atoms with Crippen molar-refractivity contribution in [1.29, 1.82) is 0 Å². The molecule has 98 valence electrons. The van der Waals surface area contributed by atoms with Crippen LogP contribution in [0.2, 0.25) is 0 Å². The van der Waals surface area contributed by atoms with E-state index >= 15 is 0 Å². The van der Waals surface area contributed by atoms with Gasteiger partial charge in [0, 0.05) is 18.8 Å². The van der Waals surface area contributed by atoms with Crippen LogP contribution in [-0.4, -0.2) is 23.9 Å². The Balaban J connectivity index is 0.00000120. The van der Waals surface area contributed by atoms with Crippen molar-refractivity contribution >= 4 is 24.0 Å². The second-order valence-corrected chi connectivity index (χ2v) is 5.25. The maximum atomic E-state index is 12.3. The Morgan fingerprint density at radius 3 is 2.39 bits per heavy atom. The van der Waals surface area contributed by atoms with Crippen molar-refractivity contribution in [3.8, 4) is 0 Å². The smallest absolute Gasteiger partial charge is 0.255 e. The van der Waals surface area contributed by atoms with Crippen LogP contribution < -0.4 is 5.73 Å². The molecule has 1 saturated carbocycles. The van der Waals surface area contributed by atoms with Crippen LogP contribution in [0.3, 0.4) is 0 Å². The van der Waals surface area contributed by atoms with Gasteiger partial charge in [0.2, 0.25) is 0 Å². The number of hydrogen-bond acceptors (Lipinski definition) is 2. The lowest BCUT2D eigenvalue weighted by atomic mass is 10.0. The maximum absolute atomic E-state index is 12.3. The van der Waals surface area contributed by atoms with E-state index in [2.05, 4.69) is 0 Å². The summed E-state index contributed by atoms with van der Waals surface area (Å²) in [5, 5.41) is 0. The van der Waals surface area contributed by atoms with Gasteiger partial charge in [0.1, 0.15) is 0 Å². The SMILES string of the molecule is Cl.Nc1ccccc1C(=O)N1CC2CCCC2C1. The number of anilines is 1. The number of para-hydroxylation sites is 1. The lowest BCUT2D eigenvalue weighted by Crippen LogP contribution is -2.30. The Bertz CT molecular complexity index is 437. The van der Waals surface area contributed by atoms with E-state index in [4.69, 9.17) is 5.73 Å². The van der Waals surface area contributed by atoms with E-state index in [0.717, 1.165) is 24.9 Å². The van der Waals surface area contributed by atoms with E-state index < -0.39 is 0 Å². The number of rotatable bonds is 1. The molecule has 18 heavy (non-hydrogen) atoms. The Labute approximate surface area is 114 Å². The van der Waals surface area contributed by atoms with Crippen LogP contribution in [0, 0.1) is 11.8 Å².